The molecular formula is C10H18N2O5. The van der Waals surface area contributed by atoms with E-state index < -0.39 is 24.0 Å². The van der Waals surface area contributed by atoms with Crippen LogP contribution in [0.1, 0.15) is 26.7 Å². The molecule has 0 spiro atoms. The van der Waals surface area contributed by atoms with Crippen molar-refractivity contribution >= 4 is 18.0 Å². The highest BCUT2D eigenvalue weighted by Gasteiger charge is 2.20. The van der Waals surface area contributed by atoms with Gasteiger partial charge in [-0.1, -0.05) is 13.8 Å². The van der Waals surface area contributed by atoms with Gasteiger partial charge in [-0.25, -0.2) is 9.59 Å². The largest absolute Gasteiger partial charge is 0.481 e. The molecular weight excluding hydrogens is 228 g/mol. The zero-order valence-corrected chi connectivity index (χ0v) is 9.90. The van der Waals surface area contributed by atoms with Crippen molar-refractivity contribution in [3.8, 4) is 0 Å². The van der Waals surface area contributed by atoms with E-state index in [9.17, 15) is 14.4 Å². The fraction of sp³-hybridized carbons (Fsp3) is 0.700. The van der Waals surface area contributed by atoms with E-state index in [1.165, 1.54) is 0 Å². The van der Waals surface area contributed by atoms with Crippen LogP contribution in [-0.2, 0) is 9.59 Å². The summed E-state index contributed by atoms with van der Waals surface area (Å²) in [7, 11) is 0. The van der Waals surface area contributed by atoms with Gasteiger partial charge in [0.1, 0.15) is 6.04 Å². The molecule has 98 valence electrons. The molecule has 0 saturated carbocycles. The van der Waals surface area contributed by atoms with Crippen LogP contribution in [0.4, 0.5) is 4.79 Å². The van der Waals surface area contributed by atoms with Crippen LogP contribution in [0.3, 0.4) is 0 Å². The van der Waals surface area contributed by atoms with Gasteiger partial charge in [0.05, 0.1) is 0 Å². The van der Waals surface area contributed by atoms with Gasteiger partial charge in [0.2, 0.25) is 0 Å². The summed E-state index contributed by atoms with van der Waals surface area (Å²) >= 11 is 0. The minimum atomic E-state index is -1.24. The first kappa shape index (κ1) is 15.2. The Balaban J connectivity index is 4.11. The van der Waals surface area contributed by atoms with Crippen molar-refractivity contribution in [3.63, 3.8) is 0 Å². The third kappa shape index (κ3) is 8.06. The minimum absolute atomic E-state index is 0.139. The lowest BCUT2D eigenvalue weighted by Crippen LogP contribution is -2.46. The molecule has 0 aromatic heterocycles. The second kappa shape index (κ2) is 7.48. The van der Waals surface area contributed by atoms with Crippen LogP contribution in [0, 0.1) is 5.92 Å². The van der Waals surface area contributed by atoms with E-state index in [4.69, 9.17) is 10.2 Å². The molecule has 0 fully saturated rings. The molecule has 0 aromatic rings. The molecule has 7 heteroatoms. The van der Waals surface area contributed by atoms with Gasteiger partial charge >= 0.3 is 18.0 Å². The molecule has 1 atom stereocenters. The van der Waals surface area contributed by atoms with Crippen LogP contribution >= 0.6 is 0 Å². The summed E-state index contributed by atoms with van der Waals surface area (Å²) in [6.07, 6.45) is -0.443. The van der Waals surface area contributed by atoms with Gasteiger partial charge in [0, 0.05) is 13.0 Å². The van der Waals surface area contributed by atoms with Crippen LogP contribution < -0.4 is 10.6 Å². The van der Waals surface area contributed by atoms with Gasteiger partial charge in [-0.3, -0.25) is 4.79 Å². The molecule has 0 aliphatic carbocycles. The minimum Gasteiger partial charge on any atom is -0.481 e. The molecule has 0 bridgehead atoms. The lowest BCUT2D eigenvalue weighted by molar-refractivity contribution is -0.140. The smallest absolute Gasteiger partial charge is 0.326 e. The number of nitrogens with one attached hydrogen (secondary N) is 2. The second-order valence-electron chi connectivity index (χ2n) is 4.07. The summed E-state index contributed by atoms with van der Waals surface area (Å²) in [5.41, 5.74) is 0. The molecule has 2 amide bonds. The number of rotatable bonds is 7. The Labute approximate surface area is 99.2 Å². The SMILES string of the molecule is CC(C)CNC(=O)NC(CCC(=O)O)C(=O)O. The van der Waals surface area contributed by atoms with Gasteiger partial charge in [-0.2, -0.15) is 0 Å². The summed E-state index contributed by atoms with van der Waals surface area (Å²) in [5.74, 6) is -2.09. The Bertz CT molecular complexity index is 290. The van der Waals surface area contributed by atoms with Crippen molar-refractivity contribution in [2.45, 2.75) is 32.7 Å². The van der Waals surface area contributed by atoms with Gasteiger partial charge < -0.3 is 20.8 Å². The number of carboxylic acid groups (broad SMARTS) is 2. The highest BCUT2D eigenvalue weighted by Crippen LogP contribution is 1.98. The van der Waals surface area contributed by atoms with Crippen molar-refractivity contribution in [1.82, 2.24) is 10.6 Å². The van der Waals surface area contributed by atoms with Gasteiger partial charge in [-0.15, -0.1) is 0 Å². The highest BCUT2D eigenvalue weighted by molar-refractivity contribution is 5.82. The quantitative estimate of drug-likeness (QED) is 0.514. The van der Waals surface area contributed by atoms with E-state index in [1.54, 1.807) is 0 Å². The van der Waals surface area contributed by atoms with E-state index in [1.807, 2.05) is 13.8 Å². The summed E-state index contributed by atoms with van der Waals surface area (Å²) in [4.78, 5) is 32.3. The predicted octanol–water partition coefficient (Wildman–Crippen LogP) is 0.260. The number of hydrogen-bond donors (Lipinski definition) is 4. The maximum atomic E-state index is 11.3. The summed E-state index contributed by atoms with van der Waals surface area (Å²) in [6.45, 7) is 4.23. The number of hydrogen-bond acceptors (Lipinski definition) is 3. The molecule has 7 nitrogen and oxygen atoms in total. The molecule has 0 radical (unpaired) electrons. The summed E-state index contributed by atoms with van der Waals surface area (Å²) in [5, 5.41) is 21.9. The summed E-state index contributed by atoms with van der Waals surface area (Å²) < 4.78 is 0. The maximum Gasteiger partial charge on any atom is 0.326 e. The van der Waals surface area contributed by atoms with Crippen molar-refractivity contribution in [3.05, 3.63) is 0 Å². The molecule has 17 heavy (non-hydrogen) atoms. The van der Waals surface area contributed by atoms with Crippen LogP contribution in [0.2, 0.25) is 0 Å². The predicted molar refractivity (Wildman–Crippen MR) is 59.7 cm³/mol. The van der Waals surface area contributed by atoms with Crippen LogP contribution in [0.15, 0.2) is 0 Å². The Hall–Kier alpha value is -1.79. The summed E-state index contributed by atoms with van der Waals surface area (Å²) in [6, 6.07) is -1.78. The Kier molecular flexibility index (Phi) is 6.69. The van der Waals surface area contributed by atoms with E-state index in [-0.39, 0.29) is 18.8 Å². The second-order valence-corrected chi connectivity index (χ2v) is 4.07. The molecule has 4 N–H and O–H groups in total. The first-order chi connectivity index (χ1) is 7.82. The zero-order chi connectivity index (χ0) is 13.4. The molecule has 0 saturated heterocycles. The van der Waals surface area contributed by atoms with Gasteiger partial charge in [0.15, 0.2) is 0 Å². The Morgan fingerprint density at radius 2 is 1.76 bits per heavy atom. The van der Waals surface area contributed by atoms with Crippen molar-refractivity contribution in [2.75, 3.05) is 6.54 Å². The zero-order valence-electron chi connectivity index (χ0n) is 9.90. The number of carboxylic acids is 2. The monoisotopic (exact) mass is 246 g/mol. The van der Waals surface area contributed by atoms with Gasteiger partial charge in [0.25, 0.3) is 0 Å². The number of carbonyl (C=O) groups excluding carboxylic acids is 1. The van der Waals surface area contributed by atoms with Crippen LogP contribution in [0.25, 0.3) is 0 Å². The topological polar surface area (TPSA) is 116 Å². The first-order valence-corrected chi connectivity index (χ1v) is 5.32. The maximum absolute atomic E-state index is 11.3. The first-order valence-electron chi connectivity index (χ1n) is 5.32. The Morgan fingerprint density at radius 1 is 1.18 bits per heavy atom. The highest BCUT2D eigenvalue weighted by atomic mass is 16.4. The molecule has 0 aliphatic heterocycles. The molecule has 0 aromatic carbocycles. The fourth-order valence-electron chi connectivity index (χ4n) is 1.03. The van der Waals surface area contributed by atoms with E-state index in [0.29, 0.717) is 6.54 Å². The number of urea groups is 1. The lowest BCUT2D eigenvalue weighted by atomic mass is 10.1. The number of amides is 2. The van der Waals surface area contributed by atoms with E-state index in [2.05, 4.69) is 10.6 Å². The van der Waals surface area contributed by atoms with Crippen molar-refractivity contribution in [1.29, 1.82) is 0 Å². The fourth-order valence-corrected chi connectivity index (χ4v) is 1.03. The normalized spacial score (nSPS) is 11.9. The average molecular weight is 246 g/mol. The number of carbonyl (C=O) groups is 3. The van der Waals surface area contributed by atoms with E-state index in [0.717, 1.165) is 0 Å². The standard InChI is InChI=1S/C10H18N2O5/c1-6(2)5-11-10(17)12-7(9(15)16)3-4-8(13)14/h6-7H,3-5H2,1-2H3,(H,13,14)(H,15,16)(H2,11,12,17). The molecule has 0 rings (SSSR count). The van der Waals surface area contributed by atoms with Crippen LogP contribution in [0.5, 0.6) is 0 Å². The Morgan fingerprint density at radius 3 is 2.18 bits per heavy atom. The third-order valence-electron chi connectivity index (χ3n) is 1.92. The lowest BCUT2D eigenvalue weighted by Gasteiger charge is -2.15. The molecule has 1 unspecified atom stereocenters. The number of aliphatic carboxylic acids is 2. The molecule has 0 aliphatic rings. The van der Waals surface area contributed by atoms with E-state index >= 15 is 0 Å². The average Bonchev–Trinajstić information content (AvgIpc) is 2.20. The molecule has 0 heterocycles. The third-order valence-corrected chi connectivity index (χ3v) is 1.92. The van der Waals surface area contributed by atoms with Crippen molar-refractivity contribution in [2.24, 2.45) is 5.92 Å². The van der Waals surface area contributed by atoms with Gasteiger partial charge in [-0.05, 0) is 12.3 Å². The van der Waals surface area contributed by atoms with Crippen LogP contribution in [-0.4, -0.2) is 40.8 Å². The van der Waals surface area contributed by atoms with Crippen molar-refractivity contribution < 1.29 is 24.6 Å².